The smallest absolute Gasteiger partial charge is 0.303 e. The lowest BCUT2D eigenvalue weighted by Gasteiger charge is -2.13. The van der Waals surface area contributed by atoms with Crippen LogP contribution in [-0.2, 0) is 11.3 Å². The van der Waals surface area contributed by atoms with E-state index in [1.54, 1.807) is 12.5 Å². The molecule has 7 heteroatoms. The van der Waals surface area contributed by atoms with Gasteiger partial charge in [-0.05, 0) is 25.3 Å². The van der Waals surface area contributed by atoms with Gasteiger partial charge in [-0.1, -0.05) is 19.8 Å². The number of rotatable bonds is 10. The molecule has 20 heavy (non-hydrogen) atoms. The van der Waals surface area contributed by atoms with Crippen LogP contribution in [0.3, 0.4) is 0 Å². The number of nitrogens with zero attached hydrogens (tertiary/aromatic N) is 1. The quantitative estimate of drug-likeness (QED) is 0.578. The molecule has 0 fully saturated rings. The summed E-state index contributed by atoms with van der Waals surface area (Å²) in [6, 6.07) is 0. The molecule has 1 rings (SSSR count). The first-order chi connectivity index (χ1) is 8.72. The first-order valence-corrected chi connectivity index (χ1v) is 6.62. The Bertz CT molecular complexity index is 334. The van der Waals surface area contributed by atoms with Crippen LogP contribution >= 0.6 is 24.8 Å². The molecule has 0 saturated carbocycles. The summed E-state index contributed by atoms with van der Waals surface area (Å²) in [5.41, 5.74) is 1.07. The molecule has 0 aliphatic heterocycles. The fourth-order valence-corrected chi connectivity index (χ4v) is 2.12. The zero-order valence-electron chi connectivity index (χ0n) is 11.8. The molecular weight excluding hydrogens is 301 g/mol. The molecule has 0 aliphatic rings. The number of nitrogens with one attached hydrogen (secondary N) is 2. The van der Waals surface area contributed by atoms with Crippen LogP contribution in [0.4, 0.5) is 0 Å². The molecule has 3 N–H and O–H groups in total. The number of hydrogen-bond acceptors (Lipinski definition) is 3. The van der Waals surface area contributed by atoms with Crippen LogP contribution in [-0.4, -0.2) is 27.6 Å². The minimum atomic E-state index is -0.682. The summed E-state index contributed by atoms with van der Waals surface area (Å²) in [4.78, 5) is 17.7. The van der Waals surface area contributed by atoms with Crippen molar-refractivity contribution in [1.82, 2.24) is 15.3 Å². The molecule has 0 radical (unpaired) electrons. The molecule has 0 aliphatic carbocycles. The number of halogens is 2. The van der Waals surface area contributed by atoms with Gasteiger partial charge >= 0.3 is 5.97 Å². The van der Waals surface area contributed by atoms with Gasteiger partial charge < -0.3 is 15.4 Å². The van der Waals surface area contributed by atoms with Gasteiger partial charge in [-0.15, -0.1) is 24.8 Å². The molecule has 1 unspecified atom stereocenters. The van der Waals surface area contributed by atoms with Gasteiger partial charge in [-0.25, -0.2) is 4.98 Å². The SMILES string of the molecule is CCCC(CCCNCc1cnc[nH]1)CC(=O)O.Cl.Cl. The second-order valence-corrected chi connectivity index (χ2v) is 4.65. The number of aromatic nitrogens is 2. The summed E-state index contributed by atoms with van der Waals surface area (Å²) < 4.78 is 0. The van der Waals surface area contributed by atoms with Crippen molar-refractivity contribution < 1.29 is 9.90 Å². The predicted octanol–water partition coefficient (Wildman–Crippen LogP) is 3.01. The van der Waals surface area contributed by atoms with Crippen molar-refractivity contribution in [3.63, 3.8) is 0 Å². The Labute approximate surface area is 132 Å². The van der Waals surface area contributed by atoms with E-state index in [1.165, 1.54) is 0 Å². The summed E-state index contributed by atoms with van der Waals surface area (Å²) in [6.07, 6.45) is 7.83. The standard InChI is InChI=1S/C13H23N3O2.2ClH/c1-2-4-11(7-13(17)18)5-3-6-14-8-12-9-15-10-16-12;;/h9-11,14H,2-8H2,1H3,(H,15,16)(H,17,18);2*1H. The van der Waals surface area contributed by atoms with Crippen LogP contribution in [0.25, 0.3) is 0 Å². The zero-order chi connectivity index (χ0) is 13.2. The van der Waals surface area contributed by atoms with E-state index in [0.29, 0.717) is 12.3 Å². The highest BCUT2D eigenvalue weighted by Gasteiger charge is 2.11. The summed E-state index contributed by atoms with van der Waals surface area (Å²) in [5, 5.41) is 12.1. The van der Waals surface area contributed by atoms with Gasteiger partial charge in [-0.3, -0.25) is 4.79 Å². The molecule has 1 atom stereocenters. The highest BCUT2D eigenvalue weighted by molar-refractivity contribution is 5.85. The summed E-state index contributed by atoms with van der Waals surface area (Å²) in [6.45, 7) is 3.81. The van der Waals surface area contributed by atoms with Crippen molar-refractivity contribution in [3.8, 4) is 0 Å². The van der Waals surface area contributed by atoms with E-state index in [4.69, 9.17) is 5.11 Å². The number of H-pyrrole nitrogens is 1. The Morgan fingerprint density at radius 3 is 2.75 bits per heavy atom. The third-order valence-electron chi connectivity index (χ3n) is 3.00. The second kappa shape index (κ2) is 13.2. The molecule has 118 valence electrons. The van der Waals surface area contributed by atoms with Crippen LogP contribution in [0.1, 0.15) is 44.7 Å². The number of carbonyl (C=O) groups is 1. The zero-order valence-corrected chi connectivity index (χ0v) is 13.4. The van der Waals surface area contributed by atoms with Gasteiger partial charge in [0.2, 0.25) is 0 Å². The molecule has 0 aromatic carbocycles. The minimum absolute atomic E-state index is 0. The van der Waals surface area contributed by atoms with Crippen LogP contribution < -0.4 is 5.32 Å². The molecule has 5 nitrogen and oxygen atoms in total. The summed E-state index contributed by atoms with van der Waals surface area (Å²) >= 11 is 0. The first kappa shape index (κ1) is 21.5. The van der Waals surface area contributed by atoms with Gasteiger partial charge in [0.05, 0.1) is 6.33 Å². The van der Waals surface area contributed by atoms with Crippen molar-refractivity contribution in [2.45, 2.75) is 45.6 Å². The lowest BCUT2D eigenvalue weighted by atomic mass is 9.94. The van der Waals surface area contributed by atoms with Crippen molar-refractivity contribution in [3.05, 3.63) is 18.2 Å². The van der Waals surface area contributed by atoms with Crippen molar-refractivity contribution >= 4 is 30.8 Å². The molecule has 0 spiro atoms. The molecule has 1 aromatic heterocycles. The highest BCUT2D eigenvalue weighted by Crippen LogP contribution is 2.17. The second-order valence-electron chi connectivity index (χ2n) is 4.65. The molecule has 1 heterocycles. The Kier molecular flexibility index (Phi) is 14.2. The van der Waals surface area contributed by atoms with E-state index in [0.717, 1.165) is 44.5 Å². The Balaban J connectivity index is 0. The van der Waals surface area contributed by atoms with Crippen LogP contribution in [0.2, 0.25) is 0 Å². The number of aliphatic carboxylic acids is 1. The number of hydrogen-bond donors (Lipinski definition) is 3. The lowest BCUT2D eigenvalue weighted by molar-refractivity contribution is -0.138. The number of carboxylic acid groups (broad SMARTS) is 1. The summed E-state index contributed by atoms with van der Waals surface area (Å²) in [5.74, 6) is -0.361. The van der Waals surface area contributed by atoms with Gasteiger partial charge in [0.1, 0.15) is 0 Å². The first-order valence-electron chi connectivity index (χ1n) is 6.62. The van der Waals surface area contributed by atoms with Crippen LogP contribution in [0, 0.1) is 5.92 Å². The third kappa shape index (κ3) is 10.1. The Morgan fingerprint density at radius 2 is 2.20 bits per heavy atom. The molecule has 0 bridgehead atoms. The van der Waals surface area contributed by atoms with E-state index < -0.39 is 5.97 Å². The van der Waals surface area contributed by atoms with Crippen LogP contribution in [0.15, 0.2) is 12.5 Å². The Hall–Kier alpha value is -0.780. The normalized spacial score (nSPS) is 11.2. The number of carboxylic acids is 1. The average molecular weight is 326 g/mol. The largest absolute Gasteiger partial charge is 0.481 e. The van der Waals surface area contributed by atoms with Gasteiger partial charge in [0, 0.05) is 24.9 Å². The highest BCUT2D eigenvalue weighted by atomic mass is 35.5. The van der Waals surface area contributed by atoms with Crippen molar-refractivity contribution in [1.29, 1.82) is 0 Å². The van der Waals surface area contributed by atoms with E-state index in [1.807, 2.05) is 0 Å². The van der Waals surface area contributed by atoms with E-state index in [-0.39, 0.29) is 24.8 Å². The molecule has 1 aromatic rings. The maximum absolute atomic E-state index is 10.7. The lowest BCUT2D eigenvalue weighted by Crippen LogP contribution is -2.17. The monoisotopic (exact) mass is 325 g/mol. The van der Waals surface area contributed by atoms with Gasteiger partial charge in [0.15, 0.2) is 0 Å². The molecular formula is C13H25Cl2N3O2. The van der Waals surface area contributed by atoms with E-state index in [9.17, 15) is 4.79 Å². The Morgan fingerprint density at radius 1 is 1.45 bits per heavy atom. The fourth-order valence-electron chi connectivity index (χ4n) is 2.12. The molecule has 0 saturated heterocycles. The maximum Gasteiger partial charge on any atom is 0.303 e. The third-order valence-corrected chi connectivity index (χ3v) is 3.00. The van der Waals surface area contributed by atoms with Crippen molar-refractivity contribution in [2.75, 3.05) is 6.54 Å². The minimum Gasteiger partial charge on any atom is -0.481 e. The van der Waals surface area contributed by atoms with Crippen LogP contribution in [0.5, 0.6) is 0 Å². The predicted molar refractivity (Wildman–Crippen MR) is 84.7 cm³/mol. The van der Waals surface area contributed by atoms with Gasteiger partial charge in [0.25, 0.3) is 0 Å². The van der Waals surface area contributed by atoms with E-state index in [2.05, 4.69) is 22.2 Å². The fraction of sp³-hybridized carbons (Fsp3) is 0.692. The number of aromatic amines is 1. The maximum atomic E-state index is 10.7. The number of imidazole rings is 1. The average Bonchev–Trinajstić information content (AvgIpc) is 2.81. The van der Waals surface area contributed by atoms with Gasteiger partial charge in [-0.2, -0.15) is 0 Å². The van der Waals surface area contributed by atoms with E-state index >= 15 is 0 Å². The topological polar surface area (TPSA) is 78.0 Å². The summed E-state index contributed by atoms with van der Waals surface area (Å²) in [7, 11) is 0. The molecule has 0 amide bonds. The van der Waals surface area contributed by atoms with Crippen molar-refractivity contribution in [2.24, 2.45) is 5.92 Å².